The molecule has 0 amide bonds. The molecule has 4 aromatic rings. The van der Waals surface area contributed by atoms with Gasteiger partial charge >= 0.3 is 0 Å². The summed E-state index contributed by atoms with van der Waals surface area (Å²) in [6, 6.07) is 5.78. The lowest BCUT2D eigenvalue weighted by molar-refractivity contribution is 0.441. The summed E-state index contributed by atoms with van der Waals surface area (Å²) >= 11 is 0. The molecule has 0 aromatic carbocycles. The number of hydrogen-bond donors (Lipinski definition) is 0. The standard InChI is InChI=1S/C15H13N5O2/c1-9-13-14(22-18-9)16-10(2)20(15(13)21)8-11-7-19-6-4-3-5-12(19)17-11/h3-7H,8H2,1-2H3. The molecule has 0 radical (unpaired) electrons. The molecule has 4 aromatic heterocycles. The first-order chi connectivity index (χ1) is 10.6. The van der Waals surface area contributed by atoms with Crippen LogP contribution in [-0.4, -0.2) is 24.1 Å². The normalized spacial score (nSPS) is 11.5. The van der Waals surface area contributed by atoms with Crippen LogP contribution >= 0.6 is 0 Å². The highest BCUT2D eigenvalue weighted by Crippen LogP contribution is 2.13. The van der Waals surface area contributed by atoms with Crippen molar-refractivity contribution in [3.8, 4) is 0 Å². The molecule has 0 aliphatic carbocycles. The van der Waals surface area contributed by atoms with E-state index in [4.69, 9.17) is 4.52 Å². The van der Waals surface area contributed by atoms with E-state index in [1.54, 1.807) is 18.4 Å². The number of hydrogen-bond acceptors (Lipinski definition) is 5. The van der Waals surface area contributed by atoms with Crippen LogP contribution in [0, 0.1) is 13.8 Å². The zero-order chi connectivity index (χ0) is 15.3. The molecular weight excluding hydrogens is 282 g/mol. The Hall–Kier alpha value is -2.96. The lowest BCUT2D eigenvalue weighted by Gasteiger charge is -2.06. The highest BCUT2D eigenvalue weighted by atomic mass is 16.5. The Kier molecular flexibility index (Phi) is 2.62. The third-order valence-electron chi connectivity index (χ3n) is 3.69. The zero-order valence-electron chi connectivity index (χ0n) is 12.1. The molecule has 0 bridgehead atoms. The Morgan fingerprint density at radius 1 is 1.23 bits per heavy atom. The van der Waals surface area contributed by atoms with Gasteiger partial charge in [-0.05, 0) is 26.0 Å². The van der Waals surface area contributed by atoms with Crippen LogP contribution in [0.3, 0.4) is 0 Å². The molecule has 7 nitrogen and oxygen atoms in total. The number of aromatic nitrogens is 5. The summed E-state index contributed by atoms with van der Waals surface area (Å²) in [7, 11) is 0. The molecule has 0 saturated carbocycles. The summed E-state index contributed by atoms with van der Waals surface area (Å²) in [6.07, 6.45) is 3.83. The predicted octanol–water partition coefficient (Wildman–Crippen LogP) is 1.70. The van der Waals surface area contributed by atoms with E-state index >= 15 is 0 Å². The third kappa shape index (κ3) is 1.82. The minimum absolute atomic E-state index is 0.154. The monoisotopic (exact) mass is 295 g/mol. The van der Waals surface area contributed by atoms with Gasteiger partial charge in [0, 0.05) is 12.4 Å². The van der Waals surface area contributed by atoms with Gasteiger partial charge in [0.2, 0.25) is 0 Å². The fraction of sp³-hybridized carbons (Fsp3) is 0.200. The highest BCUT2D eigenvalue weighted by molar-refractivity contribution is 5.74. The highest BCUT2D eigenvalue weighted by Gasteiger charge is 2.15. The zero-order valence-corrected chi connectivity index (χ0v) is 12.1. The van der Waals surface area contributed by atoms with Gasteiger partial charge in [0.05, 0.1) is 17.9 Å². The van der Waals surface area contributed by atoms with Gasteiger partial charge in [0.1, 0.15) is 16.9 Å². The molecule has 0 aliphatic heterocycles. The van der Waals surface area contributed by atoms with E-state index in [2.05, 4.69) is 15.1 Å². The Morgan fingerprint density at radius 2 is 2.09 bits per heavy atom. The summed E-state index contributed by atoms with van der Waals surface area (Å²) in [5.41, 5.74) is 2.32. The summed E-state index contributed by atoms with van der Waals surface area (Å²) in [6.45, 7) is 3.87. The molecule has 110 valence electrons. The van der Waals surface area contributed by atoms with E-state index in [-0.39, 0.29) is 11.3 Å². The van der Waals surface area contributed by atoms with Gasteiger partial charge in [-0.15, -0.1) is 0 Å². The average Bonchev–Trinajstić information content (AvgIpc) is 3.06. The van der Waals surface area contributed by atoms with Crippen molar-refractivity contribution in [1.29, 1.82) is 0 Å². The van der Waals surface area contributed by atoms with Crippen LogP contribution in [0.5, 0.6) is 0 Å². The van der Waals surface area contributed by atoms with Crippen LogP contribution in [0.15, 0.2) is 39.9 Å². The number of pyridine rings is 1. The van der Waals surface area contributed by atoms with Crippen molar-refractivity contribution < 1.29 is 4.52 Å². The molecule has 0 saturated heterocycles. The molecule has 22 heavy (non-hydrogen) atoms. The SMILES string of the molecule is Cc1noc2nc(C)n(Cc3cn4ccccc4n3)c(=O)c12. The van der Waals surface area contributed by atoms with E-state index in [1.165, 1.54) is 0 Å². The van der Waals surface area contributed by atoms with Gasteiger partial charge in [-0.25, -0.2) is 4.98 Å². The Labute approximate surface area is 124 Å². The van der Waals surface area contributed by atoms with Crippen molar-refractivity contribution in [2.45, 2.75) is 20.4 Å². The molecule has 0 aliphatic rings. The Balaban J connectivity index is 1.87. The van der Waals surface area contributed by atoms with Gasteiger partial charge < -0.3 is 8.92 Å². The molecule has 4 rings (SSSR count). The molecule has 7 heteroatoms. The second kappa shape index (κ2) is 4.52. The molecule has 0 unspecified atom stereocenters. The lowest BCUT2D eigenvalue weighted by Crippen LogP contribution is -2.24. The van der Waals surface area contributed by atoms with E-state index < -0.39 is 0 Å². The Morgan fingerprint density at radius 3 is 2.91 bits per heavy atom. The fourth-order valence-corrected chi connectivity index (χ4v) is 2.58. The van der Waals surface area contributed by atoms with Crippen molar-refractivity contribution >= 4 is 16.7 Å². The number of rotatable bonds is 2. The van der Waals surface area contributed by atoms with Crippen molar-refractivity contribution in [3.05, 3.63) is 58.2 Å². The summed E-state index contributed by atoms with van der Waals surface area (Å²) in [4.78, 5) is 21.5. The van der Waals surface area contributed by atoms with Crippen LogP contribution in [0.25, 0.3) is 16.7 Å². The largest absolute Gasteiger partial charge is 0.335 e. The van der Waals surface area contributed by atoms with E-state index in [1.807, 2.05) is 35.0 Å². The van der Waals surface area contributed by atoms with Crippen LogP contribution in [-0.2, 0) is 6.54 Å². The van der Waals surface area contributed by atoms with Gasteiger partial charge in [0.15, 0.2) is 0 Å². The molecular formula is C15H13N5O2. The first-order valence-corrected chi connectivity index (χ1v) is 6.89. The van der Waals surface area contributed by atoms with Crippen LogP contribution in [0.2, 0.25) is 0 Å². The fourth-order valence-electron chi connectivity index (χ4n) is 2.58. The number of imidazole rings is 1. The number of aryl methyl sites for hydroxylation is 2. The van der Waals surface area contributed by atoms with Gasteiger partial charge in [-0.2, -0.15) is 4.98 Å². The minimum Gasteiger partial charge on any atom is -0.335 e. The van der Waals surface area contributed by atoms with Gasteiger partial charge in [0.25, 0.3) is 11.3 Å². The van der Waals surface area contributed by atoms with Gasteiger partial charge in [-0.1, -0.05) is 11.2 Å². The van der Waals surface area contributed by atoms with E-state index in [0.717, 1.165) is 11.3 Å². The molecule has 0 fully saturated rings. The maximum Gasteiger partial charge on any atom is 0.267 e. The smallest absolute Gasteiger partial charge is 0.267 e. The van der Waals surface area contributed by atoms with Gasteiger partial charge in [-0.3, -0.25) is 9.36 Å². The summed E-state index contributed by atoms with van der Waals surface area (Å²) in [5, 5.41) is 4.24. The van der Waals surface area contributed by atoms with Crippen LogP contribution < -0.4 is 5.56 Å². The summed E-state index contributed by atoms with van der Waals surface area (Å²) < 4.78 is 8.58. The van der Waals surface area contributed by atoms with Crippen molar-refractivity contribution in [3.63, 3.8) is 0 Å². The maximum atomic E-state index is 12.6. The van der Waals surface area contributed by atoms with Crippen LogP contribution in [0.4, 0.5) is 0 Å². The molecule has 0 N–H and O–H groups in total. The number of nitrogens with zero attached hydrogens (tertiary/aromatic N) is 5. The second-order valence-corrected chi connectivity index (χ2v) is 5.20. The minimum atomic E-state index is -0.154. The van der Waals surface area contributed by atoms with Crippen molar-refractivity contribution in [2.24, 2.45) is 0 Å². The van der Waals surface area contributed by atoms with E-state index in [9.17, 15) is 4.79 Å². The van der Waals surface area contributed by atoms with E-state index in [0.29, 0.717) is 23.4 Å². The first-order valence-electron chi connectivity index (χ1n) is 6.89. The van der Waals surface area contributed by atoms with Crippen molar-refractivity contribution in [1.82, 2.24) is 24.1 Å². The number of fused-ring (bicyclic) bond motifs is 2. The summed E-state index contributed by atoms with van der Waals surface area (Å²) in [5.74, 6) is 0.575. The molecule has 0 spiro atoms. The average molecular weight is 295 g/mol. The second-order valence-electron chi connectivity index (χ2n) is 5.20. The molecule has 0 atom stereocenters. The predicted molar refractivity (Wildman–Crippen MR) is 79.8 cm³/mol. The Bertz CT molecular complexity index is 1020. The third-order valence-corrected chi connectivity index (χ3v) is 3.69. The first kappa shape index (κ1) is 12.8. The topological polar surface area (TPSA) is 78.2 Å². The quantitative estimate of drug-likeness (QED) is 0.562. The lowest BCUT2D eigenvalue weighted by atomic mass is 10.3. The van der Waals surface area contributed by atoms with Crippen LogP contribution in [0.1, 0.15) is 17.2 Å². The molecule has 4 heterocycles. The maximum absolute atomic E-state index is 12.6. The van der Waals surface area contributed by atoms with Crippen molar-refractivity contribution in [2.75, 3.05) is 0 Å².